The van der Waals surface area contributed by atoms with Gasteiger partial charge in [0, 0.05) is 23.8 Å². The van der Waals surface area contributed by atoms with Crippen molar-refractivity contribution in [2.45, 2.75) is 37.6 Å². The molecule has 3 nitrogen and oxygen atoms in total. The Balaban J connectivity index is 2.16. The molecule has 2 unspecified atom stereocenters. The number of ether oxygens (including phenoxy) is 1. The van der Waals surface area contributed by atoms with Crippen molar-refractivity contribution in [1.82, 2.24) is 4.98 Å². The molecule has 7 heteroatoms. The second-order valence-corrected chi connectivity index (χ2v) is 5.48. The number of nitrogens with one attached hydrogen (secondary N) is 1. The van der Waals surface area contributed by atoms with Gasteiger partial charge >= 0.3 is 6.18 Å². The Labute approximate surface area is 117 Å². The average molecular weight is 339 g/mol. The molecule has 1 aliphatic rings. The molecule has 0 bridgehead atoms. The molecule has 0 radical (unpaired) electrons. The van der Waals surface area contributed by atoms with Gasteiger partial charge in [-0.3, -0.25) is 0 Å². The van der Waals surface area contributed by atoms with Gasteiger partial charge in [-0.2, -0.15) is 13.2 Å². The number of hydrogen-bond acceptors (Lipinski definition) is 3. The fourth-order valence-corrected chi connectivity index (χ4v) is 2.58. The molecule has 0 spiro atoms. The zero-order valence-corrected chi connectivity index (χ0v) is 11.9. The largest absolute Gasteiger partial charge is 0.419 e. The lowest BCUT2D eigenvalue weighted by atomic mass is 10.2. The molecule has 2 atom stereocenters. The van der Waals surface area contributed by atoms with Crippen LogP contribution in [0.2, 0.25) is 0 Å². The van der Waals surface area contributed by atoms with Crippen molar-refractivity contribution >= 4 is 21.7 Å². The van der Waals surface area contributed by atoms with E-state index in [1.807, 2.05) is 0 Å². The third-order valence-electron chi connectivity index (χ3n) is 3.22. The van der Waals surface area contributed by atoms with Crippen LogP contribution in [0.25, 0.3) is 0 Å². The molecular formula is C12H14BrF3N2O. The topological polar surface area (TPSA) is 34.1 Å². The molecule has 1 aliphatic carbocycles. The first-order valence-electron chi connectivity index (χ1n) is 5.92. The van der Waals surface area contributed by atoms with Gasteiger partial charge in [-0.05, 0) is 41.3 Å². The number of halogens is 4. The van der Waals surface area contributed by atoms with Crippen molar-refractivity contribution in [3.05, 3.63) is 22.3 Å². The smallest absolute Gasteiger partial charge is 0.381 e. The number of anilines is 1. The summed E-state index contributed by atoms with van der Waals surface area (Å²) in [4.78, 5) is 3.84. The van der Waals surface area contributed by atoms with Crippen molar-refractivity contribution in [2.75, 3.05) is 12.4 Å². The maximum Gasteiger partial charge on any atom is 0.419 e. The summed E-state index contributed by atoms with van der Waals surface area (Å²) in [5.41, 5.74) is -0.747. The molecule has 1 fully saturated rings. The first kappa shape index (κ1) is 14.6. The molecule has 0 aliphatic heterocycles. The number of nitrogens with zero attached hydrogens (tertiary/aromatic N) is 1. The Hall–Kier alpha value is -0.820. The van der Waals surface area contributed by atoms with Gasteiger partial charge in [-0.1, -0.05) is 0 Å². The van der Waals surface area contributed by atoms with Crippen LogP contribution < -0.4 is 5.32 Å². The number of methoxy groups -OCH3 is 1. The van der Waals surface area contributed by atoms with E-state index in [-0.39, 0.29) is 18.0 Å². The lowest BCUT2D eigenvalue weighted by Crippen LogP contribution is -2.21. The first-order chi connectivity index (χ1) is 8.90. The highest BCUT2D eigenvalue weighted by molar-refractivity contribution is 9.10. The van der Waals surface area contributed by atoms with Crippen LogP contribution in [0.1, 0.15) is 24.8 Å². The summed E-state index contributed by atoms with van der Waals surface area (Å²) in [6, 6.07) is 1.01. The second kappa shape index (κ2) is 5.66. The standard InChI is InChI=1S/C12H14BrF3N2O/c1-19-9-3-2-8(5-9)18-11-10(12(14,15)16)4-7(13)6-17-11/h4,6,8-9H,2-3,5H2,1H3,(H,17,18). The van der Waals surface area contributed by atoms with E-state index >= 15 is 0 Å². The van der Waals surface area contributed by atoms with Crippen LogP contribution in [0.5, 0.6) is 0 Å². The Kier molecular flexibility index (Phi) is 4.35. The number of hydrogen-bond donors (Lipinski definition) is 1. The molecule has 2 rings (SSSR count). The minimum atomic E-state index is -4.42. The van der Waals surface area contributed by atoms with Gasteiger partial charge in [-0.15, -0.1) is 0 Å². The monoisotopic (exact) mass is 338 g/mol. The molecule has 1 saturated carbocycles. The van der Waals surface area contributed by atoms with Gasteiger partial charge in [0.15, 0.2) is 0 Å². The Morgan fingerprint density at radius 1 is 1.42 bits per heavy atom. The number of rotatable bonds is 3. The lowest BCUT2D eigenvalue weighted by molar-refractivity contribution is -0.137. The summed E-state index contributed by atoms with van der Waals surface area (Å²) in [7, 11) is 1.62. The van der Waals surface area contributed by atoms with Crippen molar-refractivity contribution in [3.63, 3.8) is 0 Å². The SMILES string of the molecule is COC1CCC(Nc2ncc(Br)cc2C(F)(F)F)C1. The van der Waals surface area contributed by atoms with Gasteiger partial charge in [0.05, 0.1) is 11.7 Å². The molecule has 1 aromatic rings. The highest BCUT2D eigenvalue weighted by atomic mass is 79.9. The van der Waals surface area contributed by atoms with Crippen molar-refractivity contribution in [3.8, 4) is 0 Å². The summed E-state index contributed by atoms with van der Waals surface area (Å²) < 4.78 is 44.3. The van der Waals surface area contributed by atoms with Crippen molar-refractivity contribution in [1.29, 1.82) is 0 Å². The molecule has 0 amide bonds. The first-order valence-corrected chi connectivity index (χ1v) is 6.71. The Morgan fingerprint density at radius 2 is 2.16 bits per heavy atom. The molecule has 0 saturated heterocycles. The van der Waals surface area contributed by atoms with Gasteiger partial charge in [-0.25, -0.2) is 4.98 Å². The predicted octanol–water partition coefficient (Wildman–Crippen LogP) is 3.84. The lowest BCUT2D eigenvalue weighted by Gasteiger charge is -2.18. The van der Waals surface area contributed by atoms with Crippen LogP contribution in [0.15, 0.2) is 16.7 Å². The van der Waals surface area contributed by atoms with E-state index in [0.717, 1.165) is 18.9 Å². The van der Waals surface area contributed by atoms with Crippen LogP contribution in [-0.4, -0.2) is 24.2 Å². The van der Waals surface area contributed by atoms with Crippen LogP contribution in [0, 0.1) is 0 Å². The predicted molar refractivity (Wildman–Crippen MR) is 69.0 cm³/mol. The van der Waals surface area contributed by atoms with Crippen molar-refractivity contribution in [2.24, 2.45) is 0 Å². The van der Waals surface area contributed by atoms with Gasteiger partial charge < -0.3 is 10.1 Å². The molecule has 106 valence electrons. The average Bonchev–Trinajstić information content (AvgIpc) is 2.78. The van der Waals surface area contributed by atoms with E-state index in [9.17, 15) is 13.2 Å². The summed E-state index contributed by atoms with van der Waals surface area (Å²) in [5, 5.41) is 2.88. The third-order valence-corrected chi connectivity index (χ3v) is 3.65. The summed E-state index contributed by atoms with van der Waals surface area (Å²) in [6.07, 6.45) is -0.605. The number of alkyl halides is 3. The maximum absolute atomic E-state index is 12.9. The van der Waals surface area contributed by atoms with E-state index in [4.69, 9.17) is 4.74 Å². The maximum atomic E-state index is 12.9. The quantitative estimate of drug-likeness (QED) is 0.909. The zero-order valence-electron chi connectivity index (χ0n) is 10.3. The molecule has 0 aromatic carbocycles. The number of aromatic nitrogens is 1. The normalized spacial score (nSPS) is 23.6. The third kappa shape index (κ3) is 3.60. The fourth-order valence-electron chi connectivity index (χ4n) is 2.25. The number of pyridine rings is 1. The van der Waals surface area contributed by atoms with Gasteiger partial charge in [0.2, 0.25) is 0 Å². The van der Waals surface area contributed by atoms with E-state index in [0.29, 0.717) is 10.9 Å². The minimum Gasteiger partial charge on any atom is -0.381 e. The van der Waals surface area contributed by atoms with Gasteiger partial charge in [0.25, 0.3) is 0 Å². The van der Waals surface area contributed by atoms with E-state index in [2.05, 4.69) is 26.2 Å². The van der Waals surface area contributed by atoms with Crippen LogP contribution >= 0.6 is 15.9 Å². The van der Waals surface area contributed by atoms with E-state index in [1.54, 1.807) is 7.11 Å². The molecular weight excluding hydrogens is 325 g/mol. The molecule has 1 aromatic heterocycles. The zero-order chi connectivity index (χ0) is 14.0. The minimum absolute atomic E-state index is 0.0280. The molecule has 1 heterocycles. The highest BCUT2D eigenvalue weighted by Gasteiger charge is 2.36. The van der Waals surface area contributed by atoms with Gasteiger partial charge in [0.1, 0.15) is 5.82 Å². The van der Waals surface area contributed by atoms with Crippen LogP contribution in [0.3, 0.4) is 0 Å². The van der Waals surface area contributed by atoms with E-state index < -0.39 is 11.7 Å². The summed E-state index contributed by atoms with van der Waals surface area (Å²) >= 11 is 3.01. The molecule has 1 N–H and O–H groups in total. The van der Waals surface area contributed by atoms with Crippen LogP contribution in [0.4, 0.5) is 19.0 Å². The van der Waals surface area contributed by atoms with Crippen molar-refractivity contribution < 1.29 is 17.9 Å². The Morgan fingerprint density at radius 3 is 2.74 bits per heavy atom. The van der Waals surface area contributed by atoms with Crippen LogP contribution in [-0.2, 0) is 10.9 Å². The summed E-state index contributed by atoms with van der Waals surface area (Å²) in [6.45, 7) is 0. The fraction of sp³-hybridized carbons (Fsp3) is 0.583. The second-order valence-electron chi connectivity index (χ2n) is 4.56. The Bertz CT molecular complexity index is 453. The molecule has 19 heavy (non-hydrogen) atoms. The highest BCUT2D eigenvalue weighted by Crippen LogP contribution is 2.36. The summed E-state index contributed by atoms with van der Waals surface area (Å²) in [5.74, 6) is -0.113. The van der Waals surface area contributed by atoms with E-state index in [1.165, 1.54) is 6.20 Å².